The van der Waals surface area contributed by atoms with Crippen molar-refractivity contribution in [3.8, 4) is 0 Å². The van der Waals surface area contributed by atoms with Gasteiger partial charge in [-0.2, -0.15) is 0 Å². The molecule has 4 nitrogen and oxygen atoms in total. The van der Waals surface area contributed by atoms with Crippen molar-refractivity contribution in [2.45, 2.75) is 19.4 Å². The van der Waals surface area contributed by atoms with Crippen molar-refractivity contribution >= 4 is 5.91 Å². The van der Waals surface area contributed by atoms with E-state index in [2.05, 4.69) is 17.0 Å². The SMILES string of the molecule is CN1CC[C@@H]2CN(CCCOCc3ccccc3)C[C@@H]2C1=O. The number of likely N-dealkylation sites (tertiary alicyclic amines) is 2. The Labute approximate surface area is 133 Å². The summed E-state index contributed by atoms with van der Waals surface area (Å²) >= 11 is 0. The fraction of sp³-hybridized carbons (Fsp3) is 0.611. The van der Waals surface area contributed by atoms with Gasteiger partial charge in [0.1, 0.15) is 0 Å². The summed E-state index contributed by atoms with van der Waals surface area (Å²) in [7, 11) is 1.93. The summed E-state index contributed by atoms with van der Waals surface area (Å²) in [6.45, 7) is 5.46. The molecule has 2 aliphatic heterocycles. The average Bonchev–Trinajstić information content (AvgIpc) is 2.96. The summed E-state index contributed by atoms with van der Waals surface area (Å²) in [5.74, 6) is 1.16. The third kappa shape index (κ3) is 3.68. The van der Waals surface area contributed by atoms with E-state index >= 15 is 0 Å². The molecule has 0 aromatic heterocycles. The zero-order valence-corrected chi connectivity index (χ0v) is 13.4. The van der Waals surface area contributed by atoms with Gasteiger partial charge in [0, 0.05) is 39.8 Å². The zero-order chi connectivity index (χ0) is 15.4. The van der Waals surface area contributed by atoms with Gasteiger partial charge in [0.15, 0.2) is 0 Å². The Morgan fingerprint density at radius 2 is 2.05 bits per heavy atom. The lowest BCUT2D eigenvalue weighted by molar-refractivity contribution is -0.137. The largest absolute Gasteiger partial charge is 0.377 e. The molecule has 2 atom stereocenters. The number of ether oxygens (including phenoxy) is 1. The molecule has 2 heterocycles. The Bertz CT molecular complexity index is 491. The molecule has 0 bridgehead atoms. The van der Waals surface area contributed by atoms with Crippen LogP contribution in [0.2, 0.25) is 0 Å². The van der Waals surface area contributed by atoms with Crippen LogP contribution in [0.4, 0.5) is 0 Å². The van der Waals surface area contributed by atoms with Crippen molar-refractivity contribution in [3.63, 3.8) is 0 Å². The molecule has 0 aliphatic carbocycles. The van der Waals surface area contributed by atoms with E-state index in [1.165, 1.54) is 5.56 Å². The first kappa shape index (κ1) is 15.5. The standard InChI is InChI=1S/C18H26N2O2/c1-19-10-8-16-12-20(13-17(16)18(19)21)9-5-11-22-14-15-6-3-2-4-7-15/h2-4,6-7,16-17H,5,8-14H2,1H3/t16-,17+/m1/s1. The highest BCUT2D eigenvalue weighted by Gasteiger charge is 2.41. The van der Waals surface area contributed by atoms with Crippen molar-refractivity contribution in [1.82, 2.24) is 9.80 Å². The summed E-state index contributed by atoms with van der Waals surface area (Å²) in [5.41, 5.74) is 1.23. The Kier molecular flexibility index (Phi) is 5.11. The minimum absolute atomic E-state index is 0.240. The third-order valence-corrected chi connectivity index (χ3v) is 4.92. The first-order valence-corrected chi connectivity index (χ1v) is 8.33. The van der Waals surface area contributed by atoms with Gasteiger partial charge in [-0.3, -0.25) is 4.79 Å². The molecule has 2 saturated heterocycles. The van der Waals surface area contributed by atoms with Crippen LogP contribution in [0.3, 0.4) is 0 Å². The van der Waals surface area contributed by atoms with Gasteiger partial charge in [-0.15, -0.1) is 0 Å². The van der Waals surface area contributed by atoms with Crippen LogP contribution in [0, 0.1) is 11.8 Å². The minimum atomic E-state index is 0.240. The Morgan fingerprint density at radius 3 is 2.86 bits per heavy atom. The molecule has 0 unspecified atom stereocenters. The summed E-state index contributed by atoms with van der Waals surface area (Å²) < 4.78 is 5.73. The van der Waals surface area contributed by atoms with Crippen LogP contribution in [-0.2, 0) is 16.1 Å². The molecule has 1 aromatic carbocycles. The van der Waals surface area contributed by atoms with Gasteiger partial charge in [-0.1, -0.05) is 30.3 Å². The number of hydrogen-bond acceptors (Lipinski definition) is 3. The number of fused-ring (bicyclic) bond motifs is 1. The maximum absolute atomic E-state index is 12.2. The van der Waals surface area contributed by atoms with Crippen LogP contribution in [0.1, 0.15) is 18.4 Å². The molecule has 22 heavy (non-hydrogen) atoms. The highest BCUT2D eigenvalue weighted by molar-refractivity contribution is 5.80. The highest BCUT2D eigenvalue weighted by Crippen LogP contribution is 2.31. The quantitative estimate of drug-likeness (QED) is 0.754. The molecule has 0 radical (unpaired) electrons. The fourth-order valence-electron chi connectivity index (χ4n) is 3.62. The molecule has 0 saturated carbocycles. The van der Waals surface area contributed by atoms with Crippen molar-refractivity contribution in [2.75, 3.05) is 39.8 Å². The number of amides is 1. The van der Waals surface area contributed by atoms with E-state index in [-0.39, 0.29) is 5.92 Å². The molecular formula is C18H26N2O2. The number of piperidine rings is 1. The van der Waals surface area contributed by atoms with Gasteiger partial charge in [-0.05, 0) is 24.3 Å². The molecule has 4 heteroatoms. The minimum Gasteiger partial charge on any atom is -0.377 e. The van der Waals surface area contributed by atoms with Gasteiger partial charge in [0.25, 0.3) is 0 Å². The van der Waals surface area contributed by atoms with Crippen LogP contribution in [-0.4, -0.2) is 55.5 Å². The van der Waals surface area contributed by atoms with Gasteiger partial charge in [0.2, 0.25) is 5.91 Å². The van der Waals surface area contributed by atoms with E-state index in [4.69, 9.17) is 4.74 Å². The second-order valence-corrected chi connectivity index (χ2v) is 6.57. The monoisotopic (exact) mass is 302 g/mol. The number of carbonyl (C=O) groups is 1. The number of carbonyl (C=O) groups excluding carboxylic acids is 1. The summed E-state index contributed by atoms with van der Waals surface area (Å²) in [6.07, 6.45) is 2.20. The van der Waals surface area contributed by atoms with E-state index in [0.29, 0.717) is 18.4 Å². The normalized spacial score (nSPS) is 25.5. The van der Waals surface area contributed by atoms with Crippen molar-refractivity contribution < 1.29 is 9.53 Å². The summed E-state index contributed by atoms with van der Waals surface area (Å²) in [6, 6.07) is 10.3. The smallest absolute Gasteiger partial charge is 0.227 e. The van der Waals surface area contributed by atoms with E-state index < -0.39 is 0 Å². The molecular weight excluding hydrogens is 276 g/mol. The van der Waals surface area contributed by atoms with E-state index in [1.54, 1.807) is 0 Å². The Hall–Kier alpha value is -1.39. The molecule has 120 valence electrons. The molecule has 2 aliphatic rings. The van der Waals surface area contributed by atoms with Crippen LogP contribution >= 0.6 is 0 Å². The summed E-state index contributed by atoms with van der Waals surface area (Å²) in [5, 5.41) is 0. The topological polar surface area (TPSA) is 32.8 Å². The van der Waals surface area contributed by atoms with Crippen LogP contribution in [0.15, 0.2) is 30.3 Å². The first-order chi connectivity index (χ1) is 10.7. The molecule has 0 spiro atoms. The van der Waals surface area contributed by atoms with Crippen LogP contribution in [0.25, 0.3) is 0 Å². The van der Waals surface area contributed by atoms with E-state index in [1.807, 2.05) is 30.1 Å². The highest BCUT2D eigenvalue weighted by atomic mass is 16.5. The number of nitrogens with zero attached hydrogens (tertiary/aromatic N) is 2. The lowest BCUT2D eigenvalue weighted by atomic mass is 9.88. The van der Waals surface area contributed by atoms with Gasteiger partial charge in [-0.25, -0.2) is 0 Å². The molecule has 1 amide bonds. The second-order valence-electron chi connectivity index (χ2n) is 6.57. The third-order valence-electron chi connectivity index (χ3n) is 4.92. The zero-order valence-electron chi connectivity index (χ0n) is 13.4. The summed E-state index contributed by atoms with van der Waals surface area (Å²) in [4.78, 5) is 16.5. The van der Waals surface area contributed by atoms with E-state index in [0.717, 1.165) is 45.6 Å². The Balaban J connectivity index is 1.34. The van der Waals surface area contributed by atoms with E-state index in [9.17, 15) is 4.79 Å². The van der Waals surface area contributed by atoms with Gasteiger partial charge in [0.05, 0.1) is 12.5 Å². The van der Waals surface area contributed by atoms with Crippen LogP contribution < -0.4 is 0 Å². The predicted molar refractivity (Wildman–Crippen MR) is 86.4 cm³/mol. The average molecular weight is 302 g/mol. The Morgan fingerprint density at radius 1 is 1.23 bits per heavy atom. The second kappa shape index (κ2) is 7.25. The van der Waals surface area contributed by atoms with Crippen molar-refractivity contribution in [2.24, 2.45) is 11.8 Å². The fourth-order valence-corrected chi connectivity index (χ4v) is 3.62. The number of benzene rings is 1. The van der Waals surface area contributed by atoms with Crippen molar-refractivity contribution in [3.05, 3.63) is 35.9 Å². The molecule has 0 N–H and O–H groups in total. The predicted octanol–water partition coefficient (Wildman–Crippen LogP) is 2.00. The molecule has 1 aromatic rings. The molecule has 3 rings (SSSR count). The lowest BCUT2D eigenvalue weighted by Gasteiger charge is -2.30. The lowest BCUT2D eigenvalue weighted by Crippen LogP contribution is -2.42. The van der Waals surface area contributed by atoms with Gasteiger partial charge >= 0.3 is 0 Å². The maximum Gasteiger partial charge on any atom is 0.227 e. The number of rotatable bonds is 6. The molecule has 2 fully saturated rings. The maximum atomic E-state index is 12.2. The number of hydrogen-bond donors (Lipinski definition) is 0. The van der Waals surface area contributed by atoms with Crippen molar-refractivity contribution in [1.29, 1.82) is 0 Å². The first-order valence-electron chi connectivity index (χ1n) is 8.33. The van der Waals surface area contributed by atoms with Gasteiger partial charge < -0.3 is 14.5 Å². The van der Waals surface area contributed by atoms with Crippen LogP contribution in [0.5, 0.6) is 0 Å².